The van der Waals surface area contributed by atoms with Crippen LogP contribution >= 0.6 is 0 Å². The summed E-state index contributed by atoms with van der Waals surface area (Å²) in [6, 6.07) is 3.05. The first-order valence-electron chi connectivity index (χ1n) is 8.03. The van der Waals surface area contributed by atoms with Crippen molar-refractivity contribution in [3.63, 3.8) is 0 Å². The van der Waals surface area contributed by atoms with E-state index in [-0.39, 0.29) is 23.7 Å². The second-order valence-corrected chi connectivity index (χ2v) is 7.92. The number of nitrogens with one attached hydrogen (secondary N) is 2. The van der Waals surface area contributed by atoms with Gasteiger partial charge in [-0.25, -0.2) is 12.8 Å². The highest BCUT2D eigenvalue weighted by Gasteiger charge is 2.30. The molecule has 1 aromatic carbocycles. The number of carbonyl (C=O) groups is 2. The summed E-state index contributed by atoms with van der Waals surface area (Å²) in [4.78, 5) is 23.9. The number of carbonyl (C=O) groups excluding carboxylic acids is 1. The molecule has 1 amide bonds. The number of rotatable bonds is 7. The van der Waals surface area contributed by atoms with Crippen molar-refractivity contribution < 1.29 is 32.2 Å². The number of halogens is 1. The summed E-state index contributed by atoms with van der Waals surface area (Å²) < 4.78 is 43.6. The van der Waals surface area contributed by atoms with E-state index in [9.17, 15) is 27.5 Å². The standard InChI is InChI=1S/C16H21FN2O6S/c1-26(23,24)19-14-3-2-11(17)8-12(14)15(20)18-9-13(16(21)22)10-4-6-25-7-5-10/h2-3,8,10,13,19H,4-7,9H2,1H3,(H,18,20)(H,21,22). The van der Waals surface area contributed by atoms with Gasteiger partial charge in [0, 0.05) is 19.8 Å². The van der Waals surface area contributed by atoms with E-state index in [0.717, 1.165) is 24.5 Å². The van der Waals surface area contributed by atoms with Gasteiger partial charge >= 0.3 is 5.97 Å². The highest BCUT2D eigenvalue weighted by Crippen LogP contribution is 2.24. The third-order valence-corrected chi connectivity index (χ3v) is 4.75. The molecular formula is C16H21FN2O6S. The Hall–Kier alpha value is -2.20. The molecule has 0 bridgehead atoms. The van der Waals surface area contributed by atoms with Crippen molar-refractivity contribution in [2.45, 2.75) is 12.8 Å². The number of benzene rings is 1. The molecular weight excluding hydrogens is 367 g/mol. The summed E-state index contributed by atoms with van der Waals surface area (Å²) in [5.74, 6) is -3.45. The van der Waals surface area contributed by atoms with Crippen LogP contribution in [-0.4, -0.2) is 51.4 Å². The Morgan fingerprint density at radius 1 is 1.35 bits per heavy atom. The molecule has 1 aliphatic rings. The van der Waals surface area contributed by atoms with Gasteiger partial charge in [-0.1, -0.05) is 0 Å². The molecule has 1 aliphatic heterocycles. The number of hydrogen-bond donors (Lipinski definition) is 3. The summed E-state index contributed by atoms with van der Waals surface area (Å²) >= 11 is 0. The Kier molecular flexibility index (Phi) is 6.54. The summed E-state index contributed by atoms with van der Waals surface area (Å²) in [5, 5.41) is 11.9. The first kappa shape index (κ1) is 20.1. The van der Waals surface area contributed by atoms with Crippen molar-refractivity contribution in [2.75, 3.05) is 30.7 Å². The zero-order valence-electron chi connectivity index (χ0n) is 14.2. The molecule has 8 nitrogen and oxygen atoms in total. The van der Waals surface area contributed by atoms with Gasteiger partial charge in [-0.15, -0.1) is 0 Å². The Morgan fingerprint density at radius 3 is 2.58 bits per heavy atom. The van der Waals surface area contributed by atoms with Crippen molar-refractivity contribution in [3.05, 3.63) is 29.6 Å². The lowest BCUT2D eigenvalue weighted by molar-refractivity contribution is -0.144. The van der Waals surface area contributed by atoms with E-state index in [4.69, 9.17) is 4.74 Å². The Bertz CT molecular complexity index is 777. The maximum Gasteiger partial charge on any atom is 0.308 e. The fourth-order valence-corrected chi connectivity index (χ4v) is 3.44. The highest BCUT2D eigenvalue weighted by molar-refractivity contribution is 7.92. The van der Waals surface area contributed by atoms with Crippen LogP contribution in [0.5, 0.6) is 0 Å². The van der Waals surface area contributed by atoms with E-state index in [0.29, 0.717) is 26.1 Å². The number of sulfonamides is 1. The maximum atomic E-state index is 13.5. The van der Waals surface area contributed by atoms with Gasteiger partial charge in [-0.3, -0.25) is 14.3 Å². The quantitative estimate of drug-likeness (QED) is 0.642. The smallest absolute Gasteiger partial charge is 0.308 e. The molecule has 1 heterocycles. The summed E-state index contributed by atoms with van der Waals surface area (Å²) in [5.41, 5.74) is -0.295. The number of amides is 1. The van der Waals surface area contributed by atoms with Gasteiger partial charge in [0.25, 0.3) is 5.91 Å². The third kappa shape index (κ3) is 5.67. The van der Waals surface area contributed by atoms with E-state index in [2.05, 4.69) is 10.0 Å². The van der Waals surface area contributed by atoms with E-state index >= 15 is 0 Å². The fraction of sp³-hybridized carbons (Fsp3) is 0.500. The number of carboxylic acids is 1. The minimum Gasteiger partial charge on any atom is -0.481 e. The SMILES string of the molecule is CS(=O)(=O)Nc1ccc(F)cc1C(=O)NCC(C(=O)O)C1CCOCC1. The molecule has 0 aliphatic carbocycles. The second kappa shape index (κ2) is 8.45. The lowest BCUT2D eigenvalue weighted by Gasteiger charge is -2.27. The van der Waals surface area contributed by atoms with Crippen LogP contribution in [-0.2, 0) is 19.6 Å². The van der Waals surface area contributed by atoms with Crippen molar-refractivity contribution in [3.8, 4) is 0 Å². The van der Waals surface area contributed by atoms with Gasteiger partial charge in [-0.2, -0.15) is 0 Å². The number of hydrogen-bond acceptors (Lipinski definition) is 5. The van der Waals surface area contributed by atoms with Gasteiger partial charge in [0.15, 0.2) is 0 Å². The molecule has 0 radical (unpaired) electrons. The fourth-order valence-electron chi connectivity index (χ4n) is 2.86. The molecule has 1 atom stereocenters. The molecule has 10 heteroatoms. The number of ether oxygens (including phenoxy) is 1. The predicted octanol–water partition coefficient (Wildman–Crippen LogP) is 1.05. The number of carboxylic acid groups (broad SMARTS) is 1. The molecule has 1 aromatic rings. The monoisotopic (exact) mass is 388 g/mol. The van der Waals surface area contributed by atoms with E-state index in [1.54, 1.807) is 0 Å². The van der Waals surface area contributed by atoms with Crippen molar-refractivity contribution in [2.24, 2.45) is 11.8 Å². The second-order valence-electron chi connectivity index (χ2n) is 6.17. The molecule has 1 saturated heterocycles. The normalized spacial score (nSPS) is 16.7. The van der Waals surface area contributed by atoms with Crippen LogP contribution in [0.2, 0.25) is 0 Å². The van der Waals surface area contributed by atoms with Crippen LogP contribution in [0.3, 0.4) is 0 Å². The van der Waals surface area contributed by atoms with Gasteiger partial charge in [0.05, 0.1) is 23.4 Å². The van der Waals surface area contributed by atoms with Crippen LogP contribution in [0, 0.1) is 17.7 Å². The minimum atomic E-state index is -3.67. The minimum absolute atomic E-state index is 0.0793. The van der Waals surface area contributed by atoms with Crippen molar-refractivity contribution in [1.82, 2.24) is 5.32 Å². The molecule has 0 saturated carbocycles. The Morgan fingerprint density at radius 2 is 2.00 bits per heavy atom. The van der Waals surface area contributed by atoms with E-state index in [1.165, 1.54) is 0 Å². The first-order valence-corrected chi connectivity index (χ1v) is 9.92. The average Bonchev–Trinajstić information content (AvgIpc) is 2.56. The van der Waals surface area contributed by atoms with Crippen LogP contribution in [0.25, 0.3) is 0 Å². The lowest BCUT2D eigenvalue weighted by atomic mass is 9.86. The molecule has 2 rings (SSSR count). The number of aliphatic carboxylic acids is 1. The van der Waals surface area contributed by atoms with Gasteiger partial charge < -0.3 is 15.2 Å². The molecule has 0 spiro atoms. The topological polar surface area (TPSA) is 122 Å². The average molecular weight is 388 g/mol. The first-order chi connectivity index (χ1) is 12.2. The predicted molar refractivity (Wildman–Crippen MR) is 91.9 cm³/mol. The van der Waals surface area contributed by atoms with Crippen LogP contribution < -0.4 is 10.0 Å². The summed E-state index contributed by atoms with van der Waals surface area (Å²) in [7, 11) is -3.67. The lowest BCUT2D eigenvalue weighted by Crippen LogP contribution is -2.39. The van der Waals surface area contributed by atoms with Gasteiger partial charge in [-0.05, 0) is 37.0 Å². The van der Waals surface area contributed by atoms with Crippen LogP contribution in [0.15, 0.2) is 18.2 Å². The van der Waals surface area contributed by atoms with Crippen molar-refractivity contribution >= 4 is 27.6 Å². The van der Waals surface area contributed by atoms with E-state index in [1.807, 2.05) is 0 Å². The Labute approximate surface area is 150 Å². The highest BCUT2D eigenvalue weighted by atomic mass is 32.2. The Balaban J connectivity index is 2.13. The van der Waals surface area contributed by atoms with Crippen LogP contribution in [0.1, 0.15) is 23.2 Å². The molecule has 1 fully saturated rings. The van der Waals surface area contributed by atoms with Gasteiger partial charge in [0.1, 0.15) is 5.82 Å². The zero-order chi connectivity index (χ0) is 19.3. The zero-order valence-corrected chi connectivity index (χ0v) is 15.0. The molecule has 144 valence electrons. The maximum absolute atomic E-state index is 13.5. The molecule has 3 N–H and O–H groups in total. The number of anilines is 1. The third-order valence-electron chi connectivity index (χ3n) is 4.16. The largest absolute Gasteiger partial charge is 0.481 e. The molecule has 26 heavy (non-hydrogen) atoms. The molecule has 1 unspecified atom stereocenters. The van der Waals surface area contributed by atoms with Gasteiger partial charge in [0.2, 0.25) is 10.0 Å². The summed E-state index contributed by atoms with van der Waals surface area (Å²) in [6.45, 7) is 0.789. The van der Waals surface area contributed by atoms with Crippen molar-refractivity contribution in [1.29, 1.82) is 0 Å². The summed E-state index contributed by atoms with van der Waals surface area (Å²) in [6.07, 6.45) is 2.06. The van der Waals surface area contributed by atoms with E-state index < -0.39 is 33.6 Å². The van der Waals surface area contributed by atoms with Crippen LogP contribution in [0.4, 0.5) is 10.1 Å². The molecule has 0 aromatic heterocycles.